The van der Waals surface area contributed by atoms with Gasteiger partial charge in [-0.15, -0.1) is 0 Å². The van der Waals surface area contributed by atoms with E-state index in [1.807, 2.05) is 25.1 Å². The highest BCUT2D eigenvalue weighted by molar-refractivity contribution is 6.36. The van der Waals surface area contributed by atoms with Crippen molar-refractivity contribution in [2.75, 3.05) is 13.2 Å². The smallest absolute Gasteiger partial charge is 0.125 e. The van der Waals surface area contributed by atoms with Gasteiger partial charge in [0.2, 0.25) is 0 Å². The van der Waals surface area contributed by atoms with Crippen LogP contribution in [0.25, 0.3) is 0 Å². The van der Waals surface area contributed by atoms with Crippen LogP contribution in [0, 0.1) is 0 Å². The molecule has 1 rings (SSSR count). The van der Waals surface area contributed by atoms with Crippen LogP contribution < -0.4 is 10.1 Å². The molecule has 1 aromatic carbocycles. The van der Waals surface area contributed by atoms with Crippen molar-refractivity contribution >= 4 is 34.8 Å². The van der Waals surface area contributed by atoms with Crippen LogP contribution >= 0.6 is 34.8 Å². The summed E-state index contributed by atoms with van der Waals surface area (Å²) in [6.07, 6.45) is 0. The van der Waals surface area contributed by atoms with E-state index in [-0.39, 0.29) is 6.61 Å². The molecule has 0 saturated heterocycles. The van der Waals surface area contributed by atoms with Gasteiger partial charge in [-0.1, -0.05) is 47.8 Å². The maximum atomic E-state index is 6.12. The Labute approximate surface area is 117 Å². The van der Waals surface area contributed by atoms with Gasteiger partial charge >= 0.3 is 0 Å². The highest BCUT2D eigenvalue weighted by Gasteiger charge is 2.08. The minimum Gasteiger partial charge on any atom is -0.488 e. The van der Waals surface area contributed by atoms with Crippen LogP contribution in [-0.2, 0) is 6.54 Å². The van der Waals surface area contributed by atoms with Crippen molar-refractivity contribution in [2.24, 2.45) is 0 Å². The number of halogens is 3. The summed E-state index contributed by atoms with van der Waals surface area (Å²) in [5, 5.41) is 4.33. The first kappa shape index (κ1) is 14.7. The van der Waals surface area contributed by atoms with Crippen LogP contribution in [0.1, 0.15) is 12.5 Å². The lowest BCUT2D eigenvalue weighted by Gasteiger charge is -2.12. The predicted molar refractivity (Wildman–Crippen MR) is 74.1 cm³/mol. The fraction of sp³-hybridized carbons (Fsp3) is 0.333. The van der Waals surface area contributed by atoms with Crippen LogP contribution in [0.3, 0.4) is 0 Å². The number of hydrogen-bond donors (Lipinski definition) is 1. The first-order chi connectivity index (χ1) is 8.19. The summed E-state index contributed by atoms with van der Waals surface area (Å²) in [6, 6.07) is 5.53. The summed E-state index contributed by atoms with van der Waals surface area (Å²) >= 11 is 17.3. The molecule has 0 radical (unpaired) electrons. The lowest BCUT2D eigenvalue weighted by atomic mass is 10.2. The molecule has 2 nitrogen and oxygen atoms in total. The van der Waals surface area contributed by atoms with E-state index < -0.39 is 0 Å². The fourth-order valence-electron chi connectivity index (χ4n) is 1.27. The van der Waals surface area contributed by atoms with Crippen molar-refractivity contribution in [3.8, 4) is 5.75 Å². The van der Waals surface area contributed by atoms with E-state index in [9.17, 15) is 0 Å². The van der Waals surface area contributed by atoms with Gasteiger partial charge in [0.15, 0.2) is 0 Å². The lowest BCUT2D eigenvalue weighted by Crippen LogP contribution is -2.13. The molecule has 0 aliphatic rings. The first-order valence-electron chi connectivity index (χ1n) is 5.24. The van der Waals surface area contributed by atoms with Gasteiger partial charge in [0, 0.05) is 22.7 Å². The number of rotatable bonds is 6. The SMILES string of the molecule is CCNCc1c(Cl)cccc1OC/C(Cl)=C/Cl. The molecule has 0 aromatic heterocycles. The Morgan fingerprint density at radius 3 is 2.88 bits per heavy atom. The van der Waals surface area contributed by atoms with Crippen molar-refractivity contribution in [1.82, 2.24) is 5.32 Å². The second-order valence-corrected chi connectivity index (χ2v) is 4.45. The summed E-state index contributed by atoms with van der Waals surface area (Å²) in [7, 11) is 0. The third-order valence-corrected chi connectivity index (χ3v) is 3.06. The Hall–Kier alpha value is -0.410. The predicted octanol–water partition coefficient (Wildman–Crippen LogP) is 4.15. The van der Waals surface area contributed by atoms with Gasteiger partial charge in [0.1, 0.15) is 12.4 Å². The topological polar surface area (TPSA) is 21.3 Å². The minimum absolute atomic E-state index is 0.241. The zero-order valence-electron chi connectivity index (χ0n) is 9.47. The number of nitrogens with one attached hydrogen (secondary N) is 1. The Morgan fingerprint density at radius 1 is 1.47 bits per heavy atom. The highest BCUT2D eigenvalue weighted by atomic mass is 35.5. The normalized spacial score (nSPS) is 11.6. The number of ether oxygens (including phenoxy) is 1. The van der Waals surface area contributed by atoms with Crippen molar-refractivity contribution < 1.29 is 4.74 Å². The maximum absolute atomic E-state index is 6.12. The Morgan fingerprint density at radius 2 is 2.24 bits per heavy atom. The van der Waals surface area contributed by atoms with Crippen molar-refractivity contribution in [3.63, 3.8) is 0 Å². The Balaban J connectivity index is 2.79. The fourth-order valence-corrected chi connectivity index (χ4v) is 1.62. The molecule has 0 aliphatic carbocycles. The average molecular weight is 295 g/mol. The largest absolute Gasteiger partial charge is 0.488 e. The number of hydrogen-bond acceptors (Lipinski definition) is 2. The molecule has 94 valence electrons. The summed E-state index contributed by atoms with van der Waals surface area (Å²) < 4.78 is 5.56. The van der Waals surface area contributed by atoms with Gasteiger partial charge in [0.25, 0.3) is 0 Å². The second kappa shape index (κ2) is 7.83. The second-order valence-electron chi connectivity index (χ2n) is 3.34. The monoisotopic (exact) mass is 293 g/mol. The molecule has 0 aliphatic heterocycles. The molecule has 0 unspecified atom stereocenters. The molecule has 1 aromatic rings. The van der Waals surface area contributed by atoms with E-state index in [4.69, 9.17) is 39.5 Å². The van der Waals surface area contributed by atoms with Gasteiger partial charge in [-0.2, -0.15) is 0 Å². The van der Waals surface area contributed by atoms with Gasteiger partial charge in [-0.05, 0) is 18.7 Å². The molecule has 0 fully saturated rings. The van der Waals surface area contributed by atoms with E-state index in [0.29, 0.717) is 16.6 Å². The molecule has 0 saturated carbocycles. The molecule has 0 heterocycles. The lowest BCUT2D eigenvalue weighted by molar-refractivity contribution is 0.354. The summed E-state index contributed by atoms with van der Waals surface area (Å²) in [5.41, 5.74) is 2.21. The van der Waals surface area contributed by atoms with E-state index in [0.717, 1.165) is 17.9 Å². The average Bonchev–Trinajstić information content (AvgIpc) is 2.34. The highest BCUT2D eigenvalue weighted by Crippen LogP contribution is 2.26. The van der Waals surface area contributed by atoms with Crippen LogP contribution in [0.15, 0.2) is 28.8 Å². The van der Waals surface area contributed by atoms with Crippen molar-refractivity contribution in [1.29, 1.82) is 0 Å². The quantitative estimate of drug-likeness (QED) is 0.851. The Kier molecular flexibility index (Phi) is 6.75. The summed E-state index contributed by atoms with van der Waals surface area (Å²) in [6.45, 7) is 3.80. The van der Waals surface area contributed by atoms with Crippen LogP contribution in [0.2, 0.25) is 5.02 Å². The number of benzene rings is 1. The first-order valence-corrected chi connectivity index (χ1v) is 6.44. The van der Waals surface area contributed by atoms with E-state index in [2.05, 4.69) is 5.32 Å². The molecule has 5 heteroatoms. The van der Waals surface area contributed by atoms with E-state index >= 15 is 0 Å². The summed E-state index contributed by atoms with van der Waals surface area (Å²) in [5.74, 6) is 0.718. The maximum Gasteiger partial charge on any atom is 0.125 e. The molecular formula is C12H14Cl3NO. The van der Waals surface area contributed by atoms with Gasteiger partial charge in [-0.25, -0.2) is 0 Å². The van der Waals surface area contributed by atoms with Crippen LogP contribution in [-0.4, -0.2) is 13.2 Å². The summed E-state index contributed by atoms with van der Waals surface area (Å²) in [4.78, 5) is 0. The molecular weight excluding hydrogens is 280 g/mol. The molecule has 0 bridgehead atoms. The van der Waals surface area contributed by atoms with Gasteiger partial charge < -0.3 is 10.1 Å². The Bertz CT molecular complexity index is 393. The molecule has 0 spiro atoms. The zero-order chi connectivity index (χ0) is 12.7. The molecule has 1 N–H and O–H groups in total. The van der Waals surface area contributed by atoms with Gasteiger partial charge in [-0.3, -0.25) is 0 Å². The third kappa shape index (κ3) is 4.76. The van der Waals surface area contributed by atoms with Gasteiger partial charge in [0.05, 0.1) is 5.03 Å². The molecule has 0 amide bonds. The van der Waals surface area contributed by atoms with Crippen LogP contribution in [0.4, 0.5) is 0 Å². The van der Waals surface area contributed by atoms with Crippen LogP contribution in [0.5, 0.6) is 5.75 Å². The third-order valence-electron chi connectivity index (χ3n) is 2.11. The zero-order valence-corrected chi connectivity index (χ0v) is 11.7. The molecule has 0 atom stereocenters. The van der Waals surface area contributed by atoms with Crippen molar-refractivity contribution in [2.45, 2.75) is 13.5 Å². The van der Waals surface area contributed by atoms with Crippen molar-refractivity contribution in [3.05, 3.63) is 39.4 Å². The standard InChI is InChI=1S/C12H14Cl3NO/c1-2-16-7-10-11(15)4-3-5-12(10)17-8-9(14)6-13/h3-6,16H,2,7-8H2,1H3/b9-6-. The van der Waals surface area contributed by atoms with E-state index in [1.54, 1.807) is 0 Å². The molecule has 17 heavy (non-hydrogen) atoms. The minimum atomic E-state index is 0.241. The van der Waals surface area contributed by atoms with E-state index in [1.165, 1.54) is 5.54 Å².